The Kier molecular flexibility index (Phi) is 4.19. The second-order valence-electron chi connectivity index (χ2n) is 7.03. The van der Waals surface area contributed by atoms with Gasteiger partial charge in [-0.25, -0.2) is 4.98 Å². The average Bonchev–Trinajstić information content (AvgIpc) is 2.98. The highest BCUT2D eigenvalue weighted by molar-refractivity contribution is 5.83. The van der Waals surface area contributed by atoms with Crippen LogP contribution in [0.5, 0.6) is 5.88 Å². The van der Waals surface area contributed by atoms with E-state index in [1.54, 1.807) is 13.8 Å². The molecule has 2 aliphatic rings. The van der Waals surface area contributed by atoms with E-state index in [4.69, 9.17) is 4.74 Å². The number of nitrogens with zero attached hydrogens (tertiary/aromatic N) is 1. The summed E-state index contributed by atoms with van der Waals surface area (Å²) in [5.41, 5.74) is -1.71. The van der Waals surface area contributed by atoms with Crippen molar-refractivity contribution < 1.29 is 22.7 Å². The predicted molar refractivity (Wildman–Crippen MR) is 80.3 cm³/mol. The zero-order valence-electron chi connectivity index (χ0n) is 13.5. The summed E-state index contributed by atoms with van der Waals surface area (Å²) < 4.78 is 44.1. The molecule has 1 saturated carbocycles. The number of pyridine rings is 1. The van der Waals surface area contributed by atoms with Crippen LogP contribution in [0.3, 0.4) is 0 Å². The number of alkyl halides is 3. The van der Waals surface area contributed by atoms with Crippen LogP contribution in [-0.4, -0.2) is 36.1 Å². The lowest BCUT2D eigenvalue weighted by atomic mass is 10.1. The van der Waals surface area contributed by atoms with Gasteiger partial charge in [-0.05, 0) is 50.9 Å². The van der Waals surface area contributed by atoms with Crippen molar-refractivity contribution in [2.24, 2.45) is 17.8 Å². The maximum atomic E-state index is 12.9. The summed E-state index contributed by atoms with van der Waals surface area (Å²) in [5.74, 6) is 0.242. The van der Waals surface area contributed by atoms with E-state index in [-0.39, 0.29) is 18.4 Å². The maximum Gasteiger partial charge on any atom is 0.421 e. The van der Waals surface area contributed by atoms with Gasteiger partial charge in [-0.2, -0.15) is 13.2 Å². The van der Waals surface area contributed by atoms with Crippen molar-refractivity contribution >= 4 is 5.91 Å². The van der Waals surface area contributed by atoms with Crippen LogP contribution in [-0.2, 0) is 11.0 Å². The first-order valence-electron chi connectivity index (χ1n) is 7.87. The monoisotopic (exact) mass is 343 g/mol. The van der Waals surface area contributed by atoms with Crippen LogP contribution in [0.25, 0.3) is 0 Å². The fourth-order valence-corrected chi connectivity index (χ4v) is 3.23. The molecule has 1 aliphatic carbocycles. The van der Waals surface area contributed by atoms with Crippen molar-refractivity contribution in [3.05, 3.63) is 23.9 Å². The Labute approximate surface area is 138 Å². The summed E-state index contributed by atoms with van der Waals surface area (Å²) in [5, 5.41) is 6.09. The highest BCUT2D eigenvalue weighted by atomic mass is 19.4. The van der Waals surface area contributed by atoms with E-state index in [0.29, 0.717) is 11.8 Å². The quantitative estimate of drug-likeness (QED) is 0.856. The van der Waals surface area contributed by atoms with Crippen LogP contribution >= 0.6 is 0 Å². The SMILES string of the molecule is CC(C)(COc1ncccc1C(F)(F)F)NC(=O)C1[C@H]2CNC[C@@H]12. The number of hydrogen-bond donors (Lipinski definition) is 2. The van der Waals surface area contributed by atoms with E-state index in [1.807, 2.05) is 0 Å². The number of ether oxygens (including phenoxy) is 1. The van der Waals surface area contributed by atoms with Gasteiger partial charge in [-0.15, -0.1) is 0 Å². The highest BCUT2D eigenvalue weighted by Gasteiger charge is 2.57. The third kappa shape index (κ3) is 3.48. The molecule has 1 aromatic heterocycles. The van der Waals surface area contributed by atoms with Crippen molar-refractivity contribution in [2.45, 2.75) is 25.6 Å². The molecule has 1 amide bonds. The van der Waals surface area contributed by atoms with Gasteiger partial charge in [0.05, 0.1) is 5.54 Å². The Hall–Kier alpha value is -1.83. The third-order valence-corrected chi connectivity index (χ3v) is 4.50. The zero-order valence-corrected chi connectivity index (χ0v) is 13.5. The Morgan fingerprint density at radius 2 is 2.04 bits per heavy atom. The molecule has 132 valence electrons. The molecule has 24 heavy (non-hydrogen) atoms. The standard InChI is InChI=1S/C16H20F3N3O2/c1-15(2,22-13(23)12-9-6-20-7-10(9)12)8-24-14-11(16(17,18)19)4-3-5-21-14/h3-5,9-10,12,20H,6-8H2,1-2H3,(H,22,23)/t9-,10+,12?. The zero-order chi connectivity index (χ0) is 17.5. The van der Waals surface area contributed by atoms with Crippen molar-refractivity contribution in [1.82, 2.24) is 15.6 Å². The molecule has 3 atom stereocenters. The second kappa shape index (κ2) is 5.91. The molecule has 2 fully saturated rings. The largest absolute Gasteiger partial charge is 0.475 e. The Bertz CT molecular complexity index is 623. The van der Waals surface area contributed by atoms with Gasteiger partial charge in [0.2, 0.25) is 11.8 Å². The molecule has 0 radical (unpaired) electrons. The Morgan fingerprint density at radius 1 is 1.38 bits per heavy atom. The lowest BCUT2D eigenvalue weighted by molar-refractivity contribution is -0.139. The van der Waals surface area contributed by atoms with Gasteiger partial charge in [0.1, 0.15) is 12.2 Å². The second-order valence-corrected chi connectivity index (χ2v) is 7.03. The number of carbonyl (C=O) groups is 1. The van der Waals surface area contributed by atoms with Gasteiger partial charge in [-0.3, -0.25) is 4.79 Å². The number of hydrogen-bond acceptors (Lipinski definition) is 4. The number of fused-ring (bicyclic) bond motifs is 1. The summed E-state index contributed by atoms with van der Waals surface area (Å²) >= 11 is 0. The van der Waals surface area contributed by atoms with Crippen molar-refractivity contribution in [2.75, 3.05) is 19.7 Å². The van der Waals surface area contributed by atoms with E-state index in [0.717, 1.165) is 19.2 Å². The van der Waals surface area contributed by atoms with E-state index in [9.17, 15) is 18.0 Å². The summed E-state index contributed by atoms with van der Waals surface area (Å²) in [6.07, 6.45) is -3.29. The molecule has 3 rings (SSSR count). The number of nitrogens with one attached hydrogen (secondary N) is 2. The van der Waals surface area contributed by atoms with Crippen LogP contribution in [0.15, 0.2) is 18.3 Å². The van der Waals surface area contributed by atoms with Gasteiger partial charge in [-0.1, -0.05) is 0 Å². The summed E-state index contributed by atoms with van der Waals surface area (Å²) in [6, 6.07) is 2.13. The minimum Gasteiger partial charge on any atom is -0.475 e. The van der Waals surface area contributed by atoms with Crippen molar-refractivity contribution in [3.63, 3.8) is 0 Å². The number of carbonyl (C=O) groups excluding carboxylic acids is 1. The molecule has 5 nitrogen and oxygen atoms in total. The molecular weight excluding hydrogens is 323 g/mol. The first kappa shape index (κ1) is 17.0. The van der Waals surface area contributed by atoms with Gasteiger partial charge in [0.15, 0.2) is 0 Å². The van der Waals surface area contributed by atoms with Gasteiger partial charge >= 0.3 is 6.18 Å². The molecule has 1 saturated heterocycles. The van der Waals surface area contributed by atoms with E-state index in [2.05, 4.69) is 15.6 Å². The molecule has 1 aliphatic heterocycles. The van der Waals surface area contributed by atoms with Crippen molar-refractivity contribution in [3.8, 4) is 5.88 Å². The van der Waals surface area contributed by atoms with Gasteiger partial charge in [0, 0.05) is 12.1 Å². The smallest absolute Gasteiger partial charge is 0.421 e. The first-order chi connectivity index (χ1) is 11.2. The minimum atomic E-state index is -4.53. The summed E-state index contributed by atoms with van der Waals surface area (Å²) in [7, 11) is 0. The summed E-state index contributed by atoms with van der Waals surface area (Å²) in [6.45, 7) is 5.04. The average molecular weight is 343 g/mol. The van der Waals surface area contributed by atoms with Crippen LogP contribution < -0.4 is 15.4 Å². The third-order valence-electron chi connectivity index (χ3n) is 4.50. The molecular formula is C16H20F3N3O2. The molecule has 2 heterocycles. The lowest BCUT2D eigenvalue weighted by Gasteiger charge is -2.27. The van der Waals surface area contributed by atoms with E-state index >= 15 is 0 Å². The molecule has 0 aromatic carbocycles. The molecule has 1 aromatic rings. The number of rotatable bonds is 5. The Morgan fingerprint density at radius 3 is 2.67 bits per heavy atom. The van der Waals surface area contributed by atoms with E-state index < -0.39 is 23.2 Å². The number of aromatic nitrogens is 1. The summed E-state index contributed by atoms with van der Waals surface area (Å²) in [4.78, 5) is 15.9. The van der Waals surface area contributed by atoms with Crippen LogP contribution in [0, 0.1) is 17.8 Å². The molecule has 0 bridgehead atoms. The van der Waals surface area contributed by atoms with Gasteiger partial charge in [0.25, 0.3) is 0 Å². The molecule has 2 N–H and O–H groups in total. The van der Waals surface area contributed by atoms with Crippen LogP contribution in [0.1, 0.15) is 19.4 Å². The topological polar surface area (TPSA) is 63.2 Å². The molecule has 0 spiro atoms. The first-order valence-corrected chi connectivity index (χ1v) is 7.87. The number of amides is 1. The normalized spacial score (nSPS) is 26.0. The predicted octanol–water partition coefficient (Wildman–Crippen LogP) is 1.84. The lowest BCUT2D eigenvalue weighted by Crippen LogP contribution is -2.49. The van der Waals surface area contributed by atoms with E-state index in [1.165, 1.54) is 12.3 Å². The molecule has 8 heteroatoms. The highest BCUT2D eigenvalue weighted by Crippen LogP contribution is 2.48. The number of halogens is 3. The van der Waals surface area contributed by atoms with Crippen molar-refractivity contribution in [1.29, 1.82) is 0 Å². The molecule has 1 unspecified atom stereocenters. The fraction of sp³-hybridized carbons (Fsp3) is 0.625. The minimum absolute atomic E-state index is 0.00566. The number of piperidine rings is 1. The Balaban J connectivity index is 1.58. The van der Waals surface area contributed by atoms with Crippen LogP contribution in [0.2, 0.25) is 0 Å². The fourth-order valence-electron chi connectivity index (χ4n) is 3.23. The van der Waals surface area contributed by atoms with Crippen LogP contribution in [0.4, 0.5) is 13.2 Å². The maximum absolute atomic E-state index is 12.9. The van der Waals surface area contributed by atoms with Gasteiger partial charge < -0.3 is 15.4 Å².